The van der Waals surface area contributed by atoms with Crippen LogP contribution in [0.15, 0.2) is 54.3 Å². The molecule has 0 atom stereocenters. The summed E-state index contributed by atoms with van der Waals surface area (Å²) in [7, 11) is 0. The molecule has 4 rings (SSSR count). The third kappa shape index (κ3) is 3.37. The van der Waals surface area contributed by atoms with Crippen molar-refractivity contribution >= 4 is 33.7 Å². The lowest BCUT2D eigenvalue weighted by molar-refractivity contribution is 0.103. The van der Waals surface area contributed by atoms with Crippen molar-refractivity contribution in [2.24, 2.45) is 0 Å². The van der Waals surface area contributed by atoms with Gasteiger partial charge in [0, 0.05) is 29.5 Å². The van der Waals surface area contributed by atoms with Crippen LogP contribution in [0.4, 0.5) is 5.13 Å². The lowest BCUT2D eigenvalue weighted by Crippen LogP contribution is -2.11. The zero-order valence-electron chi connectivity index (χ0n) is 13.7. The molecule has 4 aromatic heterocycles. The molecule has 0 spiro atoms. The van der Waals surface area contributed by atoms with Crippen LogP contribution >= 0.6 is 22.7 Å². The van der Waals surface area contributed by atoms with Gasteiger partial charge in [-0.25, -0.2) is 9.97 Å². The topological polar surface area (TPSA) is 80.7 Å². The summed E-state index contributed by atoms with van der Waals surface area (Å²) >= 11 is 2.73. The highest BCUT2D eigenvalue weighted by atomic mass is 32.1. The standard InChI is InChI=1S/C18H13N5OS2/c1-11-15(26-17(21-11)12-5-8-19-9-6-12)16(24)23-18-22-14(10-25-18)13-4-2-3-7-20-13/h2-10H,1H3,(H,22,23,24). The van der Waals surface area contributed by atoms with E-state index < -0.39 is 0 Å². The minimum Gasteiger partial charge on any atom is -0.297 e. The Hall–Kier alpha value is -2.97. The van der Waals surface area contributed by atoms with Crippen molar-refractivity contribution in [1.82, 2.24) is 19.9 Å². The van der Waals surface area contributed by atoms with Gasteiger partial charge in [-0.05, 0) is 31.2 Å². The summed E-state index contributed by atoms with van der Waals surface area (Å²) < 4.78 is 0. The number of thiazole rings is 2. The monoisotopic (exact) mass is 379 g/mol. The molecule has 4 aromatic rings. The number of hydrogen-bond donors (Lipinski definition) is 1. The smallest absolute Gasteiger partial charge is 0.269 e. The van der Waals surface area contributed by atoms with Crippen molar-refractivity contribution in [3.63, 3.8) is 0 Å². The Balaban J connectivity index is 1.54. The molecule has 0 unspecified atom stereocenters. The number of rotatable bonds is 4. The molecule has 0 fully saturated rings. The van der Waals surface area contributed by atoms with Gasteiger partial charge in [0.25, 0.3) is 5.91 Å². The SMILES string of the molecule is Cc1nc(-c2ccncc2)sc1C(=O)Nc1nc(-c2ccccn2)cs1. The highest BCUT2D eigenvalue weighted by Crippen LogP contribution is 2.29. The predicted octanol–water partition coefficient (Wildman–Crippen LogP) is 4.28. The van der Waals surface area contributed by atoms with E-state index in [4.69, 9.17) is 0 Å². The minimum absolute atomic E-state index is 0.206. The predicted molar refractivity (Wildman–Crippen MR) is 103 cm³/mol. The molecular weight excluding hydrogens is 366 g/mol. The Morgan fingerprint density at radius 1 is 1.04 bits per heavy atom. The van der Waals surface area contributed by atoms with E-state index in [-0.39, 0.29) is 5.91 Å². The van der Waals surface area contributed by atoms with Crippen LogP contribution in [0.25, 0.3) is 22.0 Å². The Bertz CT molecular complexity index is 1040. The summed E-state index contributed by atoms with van der Waals surface area (Å²) in [6.45, 7) is 1.83. The van der Waals surface area contributed by atoms with Crippen LogP contribution in [0.1, 0.15) is 15.4 Å². The lowest BCUT2D eigenvalue weighted by Gasteiger charge is -1.99. The summed E-state index contributed by atoms with van der Waals surface area (Å²) in [6, 6.07) is 9.39. The molecule has 0 aromatic carbocycles. The van der Waals surface area contributed by atoms with Crippen molar-refractivity contribution in [1.29, 1.82) is 0 Å². The first kappa shape index (κ1) is 16.5. The number of carbonyl (C=O) groups excluding carboxylic acids is 1. The average molecular weight is 379 g/mol. The number of amides is 1. The zero-order valence-corrected chi connectivity index (χ0v) is 15.3. The van der Waals surface area contributed by atoms with Gasteiger partial charge in [-0.15, -0.1) is 22.7 Å². The molecular formula is C18H13N5OS2. The van der Waals surface area contributed by atoms with Gasteiger partial charge < -0.3 is 0 Å². The number of nitrogens with one attached hydrogen (secondary N) is 1. The molecule has 4 heterocycles. The quantitative estimate of drug-likeness (QED) is 0.572. The van der Waals surface area contributed by atoms with Gasteiger partial charge >= 0.3 is 0 Å². The Labute approximate surface area is 157 Å². The maximum atomic E-state index is 12.6. The fraction of sp³-hybridized carbons (Fsp3) is 0.0556. The van der Waals surface area contributed by atoms with E-state index in [1.54, 1.807) is 18.6 Å². The minimum atomic E-state index is -0.206. The highest BCUT2D eigenvalue weighted by molar-refractivity contribution is 7.17. The van der Waals surface area contributed by atoms with Gasteiger partial charge in [0.15, 0.2) is 5.13 Å². The van der Waals surface area contributed by atoms with E-state index in [0.717, 1.165) is 22.0 Å². The zero-order chi connectivity index (χ0) is 17.9. The third-order valence-corrected chi connectivity index (χ3v) is 5.55. The van der Waals surface area contributed by atoms with Gasteiger partial charge in [-0.1, -0.05) is 6.07 Å². The van der Waals surface area contributed by atoms with Crippen molar-refractivity contribution < 1.29 is 4.79 Å². The molecule has 6 nitrogen and oxygen atoms in total. The Morgan fingerprint density at radius 2 is 1.88 bits per heavy atom. The van der Waals surface area contributed by atoms with Crippen LogP contribution in [-0.2, 0) is 0 Å². The fourth-order valence-electron chi connectivity index (χ4n) is 2.34. The molecule has 0 aliphatic rings. The van der Waals surface area contributed by atoms with Crippen molar-refractivity contribution in [3.05, 3.63) is 64.9 Å². The second-order valence-corrected chi connectivity index (χ2v) is 7.23. The summed E-state index contributed by atoms with van der Waals surface area (Å²) in [5, 5.41) is 6.06. The Kier molecular flexibility index (Phi) is 4.51. The van der Waals surface area contributed by atoms with E-state index in [1.807, 2.05) is 42.6 Å². The number of anilines is 1. The van der Waals surface area contributed by atoms with Crippen LogP contribution in [-0.4, -0.2) is 25.8 Å². The summed E-state index contributed by atoms with van der Waals surface area (Å²) in [5.41, 5.74) is 3.15. The molecule has 1 amide bonds. The van der Waals surface area contributed by atoms with Gasteiger partial charge in [-0.3, -0.25) is 20.1 Å². The molecule has 1 N–H and O–H groups in total. The largest absolute Gasteiger partial charge is 0.297 e. The normalized spacial score (nSPS) is 10.7. The molecule has 26 heavy (non-hydrogen) atoms. The van der Waals surface area contributed by atoms with Gasteiger partial charge in [0.2, 0.25) is 0 Å². The fourth-order valence-corrected chi connectivity index (χ4v) is 4.01. The summed E-state index contributed by atoms with van der Waals surface area (Å²) in [6.07, 6.45) is 5.13. The second kappa shape index (κ2) is 7.11. The van der Waals surface area contributed by atoms with Crippen molar-refractivity contribution in [2.75, 3.05) is 5.32 Å². The number of nitrogens with zero attached hydrogens (tertiary/aromatic N) is 4. The van der Waals surface area contributed by atoms with Gasteiger partial charge in [0.05, 0.1) is 11.4 Å². The molecule has 0 bridgehead atoms. The van der Waals surface area contributed by atoms with Crippen molar-refractivity contribution in [2.45, 2.75) is 6.92 Å². The summed E-state index contributed by atoms with van der Waals surface area (Å²) in [4.78, 5) is 30.4. The first-order valence-electron chi connectivity index (χ1n) is 7.77. The van der Waals surface area contributed by atoms with Crippen LogP contribution in [0.3, 0.4) is 0 Å². The molecule has 0 radical (unpaired) electrons. The summed E-state index contributed by atoms with van der Waals surface area (Å²) in [5.74, 6) is -0.206. The number of aromatic nitrogens is 4. The highest BCUT2D eigenvalue weighted by Gasteiger charge is 2.18. The first-order chi connectivity index (χ1) is 12.7. The van der Waals surface area contributed by atoms with Gasteiger partial charge in [0.1, 0.15) is 15.6 Å². The number of pyridine rings is 2. The van der Waals surface area contributed by atoms with E-state index in [1.165, 1.54) is 22.7 Å². The molecule has 0 aliphatic heterocycles. The number of hydrogen-bond acceptors (Lipinski definition) is 7. The maximum absolute atomic E-state index is 12.6. The average Bonchev–Trinajstić information content (AvgIpc) is 3.30. The molecule has 0 saturated carbocycles. The van der Waals surface area contributed by atoms with Crippen LogP contribution in [0, 0.1) is 6.92 Å². The molecule has 0 saturated heterocycles. The molecule has 0 aliphatic carbocycles. The van der Waals surface area contributed by atoms with E-state index >= 15 is 0 Å². The van der Waals surface area contributed by atoms with E-state index in [0.29, 0.717) is 15.7 Å². The second-order valence-electron chi connectivity index (χ2n) is 5.38. The number of aryl methyl sites for hydroxylation is 1. The van der Waals surface area contributed by atoms with Gasteiger partial charge in [-0.2, -0.15) is 0 Å². The lowest BCUT2D eigenvalue weighted by atomic mass is 10.3. The van der Waals surface area contributed by atoms with Crippen LogP contribution in [0.5, 0.6) is 0 Å². The molecule has 8 heteroatoms. The molecule has 128 valence electrons. The van der Waals surface area contributed by atoms with E-state index in [9.17, 15) is 4.79 Å². The van der Waals surface area contributed by atoms with Crippen LogP contribution < -0.4 is 5.32 Å². The maximum Gasteiger partial charge on any atom is 0.269 e. The van der Waals surface area contributed by atoms with E-state index in [2.05, 4.69) is 25.3 Å². The van der Waals surface area contributed by atoms with Crippen LogP contribution in [0.2, 0.25) is 0 Å². The Morgan fingerprint density at radius 3 is 2.65 bits per heavy atom. The van der Waals surface area contributed by atoms with Crippen molar-refractivity contribution in [3.8, 4) is 22.0 Å². The first-order valence-corrected chi connectivity index (χ1v) is 9.46. The number of carbonyl (C=O) groups is 1. The third-order valence-electron chi connectivity index (χ3n) is 3.58.